The number of nitrogens with zero attached hydrogens (tertiary/aromatic N) is 1. The topological polar surface area (TPSA) is 51.1 Å². The average Bonchev–Trinajstić information content (AvgIpc) is 2.88. The number of pyridine rings is 1. The molecule has 0 unspecified atom stereocenters. The van der Waals surface area contributed by atoms with Gasteiger partial charge in [-0.25, -0.2) is 13.2 Å². The van der Waals surface area contributed by atoms with Crippen LogP contribution in [-0.4, -0.2) is 16.9 Å². The monoisotopic (exact) mass is 288 g/mol. The number of hydrogen-bond donors (Lipinski definition) is 1. The van der Waals surface area contributed by atoms with Gasteiger partial charge in [0.25, 0.3) is 12.0 Å². The number of nitrogens with one attached hydrogen (secondary N) is 1. The van der Waals surface area contributed by atoms with Gasteiger partial charge in [-0.2, -0.15) is 0 Å². The molecule has 1 heterocycles. The molecule has 110 valence electrons. The van der Waals surface area contributed by atoms with Crippen LogP contribution in [0.15, 0.2) is 17.1 Å². The summed E-state index contributed by atoms with van der Waals surface area (Å²) in [5.74, 6) is -1.55. The third kappa shape index (κ3) is 3.40. The molecule has 1 aliphatic rings. The zero-order chi connectivity index (χ0) is 14.7. The number of carbonyl (C=O) groups excluding carboxylic acids is 1. The summed E-state index contributed by atoms with van der Waals surface area (Å²) in [4.78, 5) is 23.2. The van der Waals surface area contributed by atoms with Gasteiger partial charge in [0.05, 0.1) is 12.2 Å². The van der Waals surface area contributed by atoms with Crippen LogP contribution < -0.4 is 10.9 Å². The standard InChI is InChI=1S/C13H15F3N2O2/c14-10-5-9(6-18(13(10)20)7-11(15)16)17-12(19)8-3-1-2-4-8/h5-6,8,11H,1-4,7H2,(H,17,19). The molecule has 1 N–H and O–H groups in total. The van der Waals surface area contributed by atoms with Gasteiger partial charge in [-0.05, 0) is 12.8 Å². The Morgan fingerprint density at radius 1 is 1.40 bits per heavy atom. The zero-order valence-corrected chi connectivity index (χ0v) is 10.7. The van der Waals surface area contributed by atoms with Crippen LogP contribution in [0.2, 0.25) is 0 Å². The van der Waals surface area contributed by atoms with E-state index in [1.807, 2.05) is 0 Å². The molecule has 2 rings (SSSR count). The van der Waals surface area contributed by atoms with Crippen molar-refractivity contribution < 1.29 is 18.0 Å². The Hall–Kier alpha value is -1.79. The summed E-state index contributed by atoms with van der Waals surface area (Å²) in [5.41, 5.74) is -1.09. The third-order valence-corrected chi connectivity index (χ3v) is 3.37. The van der Waals surface area contributed by atoms with Gasteiger partial charge in [-0.15, -0.1) is 0 Å². The van der Waals surface area contributed by atoms with Gasteiger partial charge in [-0.3, -0.25) is 9.59 Å². The van der Waals surface area contributed by atoms with Gasteiger partial charge < -0.3 is 9.88 Å². The SMILES string of the molecule is O=C(Nc1cc(F)c(=O)n(CC(F)F)c1)C1CCCC1. The van der Waals surface area contributed by atoms with Crippen molar-refractivity contribution >= 4 is 11.6 Å². The molecule has 1 aliphatic carbocycles. The lowest BCUT2D eigenvalue weighted by molar-refractivity contribution is -0.119. The fourth-order valence-corrected chi connectivity index (χ4v) is 2.38. The van der Waals surface area contributed by atoms with E-state index in [0.29, 0.717) is 4.57 Å². The van der Waals surface area contributed by atoms with Crippen molar-refractivity contribution in [2.45, 2.75) is 38.7 Å². The first-order valence-electron chi connectivity index (χ1n) is 6.46. The first-order chi connectivity index (χ1) is 9.47. The van der Waals surface area contributed by atoms with Crippen LogP contribution in [0.1, 0.15) is 25.7 Å². The van der Waals surface area contributed by atoms with E-state index in [-0.39, 0.29) is 17.5 Å². The number of hydrogen-bond acceptors (Lipinski definition) is 2. The average molecular weight is 288 g/mol. The minimum Gasteiger partial charge on any atom is -0.324 e. The van der Waals surface area contributed by atoms with Crippen LogP contribution >= 0.6 is 0 Å². The van der Waals surface area contributed by atoms with Crippen molar-refractivity contribution in [3.63, 3.8) is 0 Å². The molecule has 20 heavy (non-hydrogen) atoms. The highest BCUT2D eigenvalue weighted by Crippen LogP contribution is 2.25. The van der Waals surface area contributed by atoms with Gasteiger partial charge in [0, 0.05) is 18.2 Å². The predicted molar refractivity (Wildman–Crippen MR) is 67.3 cm³/mol. The molecule has 0 aliphatic heterocycles. The lowest BCUT2D eigenvalue weighted by Crippen LogP contribution is -2.27. The molecule has 1 aromatic heterocycles. The predicted octanol–water partition coefficient (Wildman–Crippen LogP) is 2.38. The van der Waals surface area contributed by atoms with E-state index in [2.05, 4.69) is 5.32 Å². The van der Waals surface area contributed by atoms with Crippen LogP contribution in [-0.2, 0) is 11.3 Å². The zero-order valence-electron chi connectivity index (χ0n) is 10.7. The third-order valence-electron chi connectivity index (χ3n) is 3.37. The summed E-state index contributed by atoms with van der Waals surface area (Å²) in [6.45, 7) is -0.900. The number of carbonyl (C=O) groups is 1. The van der Waals surface area contributed by atoms with E-state index in [1.165, 1.54) is 0 Å². The summed E-state index contributed by atoms with van der Waals surface area (Å²) < 4.78 is 38.6. The Kier molecular flexibility index (Phi) is 4.46. The second-order valence-corrected chi connectivity index (χ2v) is 4.90. The molecule has 4 nitrogen and oxygen atoms in total. The van der Waals surface area contributed by atoms with Crippen molar-refractivity contribution in [1.82, 2.24) is 4.57 Å². The molecule has 0 atom stereocenters. The molecular formula is C13H15F3N2O2. The maximum absolute atomic E-state index is 13.4. The van der Waals surface area contributed by atoms with Gasteiger partial charge in [0.1, 0.15) is 0 Å². The Morgan fingerprint density at radius 3 is 2.65 bits per heavy atom. The van der Waals surface area contributed by atoms with E-state index >= 15 is 0 Å². The van der Waals surface area contributed by atoms with E-state index in [4.69, 9.17) is 0 Å². The molecule has 0 aromatic carbocycles. The molecule has 0 radical (unpaired) electrons. The van der Waals surface area contributed by atoms with E-state index in [1.54, 1.807) is 0 Å². The molecule has 1 aromatic rings. The first kappa shape index (κ1) is 14.6. The Labute approximate surface area is 113 Å². The van der Waals surface area contributed by atoms with Crippen LogP contribution in [0.4, 0.5) is 18.9 Å². The first-order valence-corrected chi connectivity index (χ1v) is 6.46. The molecular weight excluding hydrogens is 273 g/mol. The van der Waals surface area contributed by atoms with Crippen molar-refractivity contribution in [1.29, 1.82) is 0 Å². The lowest BCUT2D eigenvalue weighted by atomic mass is 10.1. The minimum absolute atomic E-state index is 0.0275. The summed E-state index contributed by atoms with van der Waals surface area (Å²) >= 11 is 0. The maximum atomic E-state index is 13.4. The van der Waals surface area contributed by atoms with Crippen molar-refractivity contribution in [2.24, 2.45) is 5.92 Å². The van der Waals surface area contributed by atoms with E-state index in [9.17, 15) is 22.8 Å². The number of rotatable bonds is 4. The van der Waals surface area contributed by atoms with Gasteiger partial charge in [0.2, 0.25) is 5.91 Å². The smallest absolute Gasteiger partial charge is 0.286 e. The molecule has 0 saturated heterocycles. The summed E-state index contributed by atoms with van der Waals surface area (Å²) in [7, 11) is 0. The summed E-state index contributed by atoms with van der Waals surface area (Å²) in [5, 5.41) is 2.48. The van der Waals surface area contributed by atoms with Gasteiger partial charge in [-0.1, -0.05) is 12.8 Å². The molecule has 1 fully saturated rings. The maximum Gasteiger partial charge on any atom is 0.286 e. The Bertz CT molecular complexity index is 551. The number of halogens is 3. The number of anilines is 1. The normalized spacial score (nSPS) is 15.8. The van der Waals surface area contributed by atoms with Crippen molar-refractivity contribution in [3.8, 4) is 0 Å². The molecule has 1 saturated carbocycles. The summed E-state index contributed by atoms with van der Waals surface area (Å²) in [6, 6.07) is 0.858. The van der Waals surface area contributed by atoms with Crippen LogP contribution in [0, 0.1) is 11.7 Å². The van der Waals surface area contributed by atoms with Crippen LogP contribution in [0.3, 0.4) is 0 Å². The minimum atomic E-state index is -2.77. The Morgan fingerprint density at radius 2 is 2.05 bits per heavy atom. The van der Waals surface area contributed by atoms with Crippen molar-refractivity contribution in [3.05, 3.63) is 28.4 Å². The quantitative estimate of drug-likeness (QED) is 0.924. The number of amides is 1. The van der Waals surface area contributed by atoms with E-state index < -0.39 is 24.3 Å². The van der Waals surface area contributed by atoms with Gasteiger partial charge >= 0.3 is 0 Å². The number of alkyl halides is 2. The fraction of sp³-hybridized carbons (Fsp3) is 0.538. The molecule has 7 heteroatoms. The van der Waals surface area contributed by atoms with Crippen molar-refractivity contribution in [2.75, 3.05) is 5.32 Å². The lowest BCUT2D eigenvalue weighted by Gasteiger charge is -2.12. The van der Waals surface area contributed by atoms with E-state index in [0.717, 1.165) is 37.9 Å². The molecule has 0 bridgehead atoms. The Balaban J connectivity index is 2.17. The van der Waals surface area contributed by atoms with Crippen LogP contribution in [0.5, 0.6) is 0 Å². The highest BCUT2D eigenvalue weighted by molar-refractivity contribution is 5.92. The fourth-order valence-electron chi connectivity index (χ4n) is 2.38. The second kappa shape index (κ2) is 6.11. The summed E-state index contributed by atoms with van der Waals surface area (Å²) in [6.07, 6.45) is 1.75. The largest absolute Gasteiger partial charge is 0.324 e. The molecule has 1 amide bonds. The van der Waals surface area contributed by atoms with Gasteiger partial charge in [0.15, 0.2) is 5.82 Å². The van der Waals surface area contributed by atoms with Crippen LogP contribution in [0.25, 0.3) is 0 Å². The second-order valence-electron chi connectivity index (χ2n) is 4.90. The molecule has 0 spiro atoms. The highest BCUT2D eigenvalue weighted by Gasteiger charge is 2.23. The number of aromatic nitrogens is 1. The highest BCUT2D eigenvalue weighted by atomic mass is 19.3.